The largest absolute Gasteiger partial charge is 0.508 e. The van der Waals surface area contributed by atoms with E-state index in [2.05, 4.69) is 4.74 Å². The van der Waals surface area contributed by atoms with E-state index in [1.807, 2.05) is 19.0 Å². The van der Waals surface area contributed by atoms with Crippen LogP contribution in [0.25, 0.3) is 11.0 Å². The lowest BCUT2D eigenvalue weighted by Crippen LogP contribution is -2.10. The van der Waals surface area contributed by atoms with Crippen LogP contribution in [0, 0.1) is 0 Å². The van der Waals surface area contributed by atoms with Gasteiger partial charge in [0.05, 0.1) is 7.11 Å². The van der Waals surface area contributed by atoms with Crippen LogP contribution in [-0.2, 0) is 11.3 Å². The normalized spacial score (nSPS) is 11.1. The average molecular weight is 249 g/mol. The third-order valence-corrected chi connectivity index (χ3v) is 2.65. The number of methoxy groups -OCH3 is 1. The summed E-state index contributed by atoms with van der Waals surface area (Å²) in [5, 5.41) is 10.6. The molecule has 0 aliphatic heterocycles. The van der Waals surface area contributed by atoms with Crippen LogP contribution in [0.4, 0.5) is 0 Å². The Hall–Kier alpha value is -2.01. The molecule has 1 aromatic heterocycles. The molecule has 96 valence electrons. The van der Waals surface area contributed by atoms with E-state index in [1.165, 1.54) is 7.11 Å². The van der Waals surface area contributed by atoms with E-state index >= 15 is 0 Å². The number of hydrogen-bond donors (Lipinski definition) is 1. The van der Waals surface area contributed by atoms with Gasteiger partial charge < -0.3 is 19.2 Å². The van der Waals surface area contributed by atoms with Crippen molar-refractivity contribution in [1.29, 1.82) is 0 Å². The monoisotopic (exact) mass is 249 g/mol. The van der Waals surface area contributed by atoms with Gasteiger partial charge in [0.25, 0.3) is 0 Å². The van der Waals surface area contributed by atoms with Crippen LogP contribution >= 0.6 is 0 Å². The van der Waals surface area contributed by atoms with E-state index in [0.29, 0.717) is 12.1 Å². The van der Waals surface area contributed by atoms with Crippen LogP contribution < -0.4 is 0 Å². The molecule has 0 amide bonds. The van der Waals surface area contributed by atoms with Crippen LogP contribution in [0.5, 0.6) is 5.75 Å². The second kappa shape index (κ2) is 4.70. The van der Waals surface area contributed by atoms with Gasteiger partial charge in [-0.2, -0.15) is 0 Å². The molecular formula is C13H15NO4. The second-order valence-corrected chi connectivity index (χ2v) is 4.32. The fraction of sp³-hybridized carbons (Fsp3) is 0.308. The number of benzene rings is 1. The Balaban J connectivity index is 2.57. The molecule has 0 bridgehead atoms. The van der Waals surface area contributed by atoms with E-state index in [9.17, 15) is 9.90 Å². The van der Waals surface area contributed by atoms with Crippen molar-refractivity contribution in [2.45, 2.75) is 6.54 Å². The van der Waals surface area contributed by atoms with Crippen molar-refractivity contribution < 1.29 is 19.1 Å². The first-order valence-electron chi connectivity index (χ1n) is 5.50. The highest BCUT2D eigenvalue weighted by atomic mass is 16.5. The lowest BCUT2D eigenvalue weighted by Gasteiger charge is -2.11. The molecule has 0 saturated carbocycles. The molecule has 18 heavy (non-hydrogen) atoms. The number of furan rings is 1. The van der Waals surface area contributed by atoms with Crippen LogP contribution in [0.2, 0.25) is 0 Å². The number of hydrogen-bond acceptors (Lipinski definition) is 5. The van der Waals surface area contributed by atoms with E-state index in [1.54, 1.807) is 18.2 Å². The van der Waals surface area contributed by atoms with Gasteiger partial charge in [0.2, 0.25) is 5.76 Å². The van der Waals surface area contributed by atoms with Gasteiger partial charge in [0.1, 0.15) is 11.3 Å². The molecule has 2 aromatic rings. The van der Waals surface area contributed by atoms with Crippen LogP contribution in [0.3, 0.4) is 0 Å². The Kier molecular flexibility index (Phi) is 3.25. The number of aromatic hydroxyl groups is 1. The Labute approximate surface area is 105 Å². The van der Waals surface area contributed by atoms with Crippen molar-refractivity contribution in [1.82, 2.24) is 4.90 Å². The number of carbonyl (C=O) groups excluding carboxylic acids is 1. The zero-order chi connectivity index (χ0) is 13.3. The fourth-order valence-corrected chi connectivity index (χ4v) is 1.84. The third-order valence-electron chi connectivity index (χ3n) is 2.65. The van der Waals surface area contributed by atoms with Gasteiger partial charge in [-0.25, -0.2) is 4.79 Å². The maximum atomic E-state index is 11.4. The standard InChI is InChI=1S/C13H15NO4/c1-14(2)7-9-8-6-12(13(16)17-3)18-11(8)5-4-10(9)15/h4-6,15H,7H2,1-3H3. The minimum atomic E-state index is -0.526. The number of ether oxygens (including phenoxy) is 1. The molecule has 1 aromatic carbocycles. The molecule has 5 nitrogen and oxygen atoms in total. The number of nitrogens with zero attached hydrogens (tertiary/aromatic N) is 1. The summed E-state index contributed by atoms with van der Waals surface area (Å²) in [5.41, 5.74) is 1.29. The van der Waals surface area contributed by atoms with Crippen LogP contribution in [0.15, 0.2) is 22.6 Å². The number of phenols is 1. The summed E-state index contributed by atoms with van der Waals surface area (Å²) in [7, 11) is 5.10. The zero-order valence-corrected chi connectivity index (χ0v) is 10.6. The molecule has 0 unspecified atom stereocenters. The van der Waals surface area contributed by atoms with Crippen molar-refractivity contribution in [2.24, 2.45) is 0 Å². The Morgan fingerprint density at radius 2 is 2.17 bits per heavy atom. The Morgan fingerprint density at radius 1 is 1.44 bits per heavy atom. The first-order valence-corrected chi connectivity index (χ1v) is 5.50. The van der Waals surface area contributed by atoms with Gasteiger partial charge in [-0.15, -0.1) is 0 Å². The van der Waals surface area contributed by atoms with Gasteiger partial charge in [0.15, 0.2) is 0 Å². The summed E-state index contributed by atoms with van der Waals surface area (Å²) < 4.78 is 10.0. The second-order valence-electron chi connectivity index (χ2n) is 4.32. The molecule has 5 heteroatoms. The lowest BCUT2D eigenvalue weighted by atomic mass is 10.1. The molecule has 0 saturated heterocycles. The van der Waals surface area contributed by atoms with Gasteiger partial charge in [-0.05, 0) is 32.3 Å². The van der Waals surface area contributed by atoms with E-state index in [-0.39, 0.29) is 11.5 Å². The SMILES string of the molecule is COC(=O)c1cc2c(CN(C)C)c(O)ccc2o1. The third kappa shape index (κ3) is 2.17. The Morgan fingerprint density at radius 3 is 2.78 bits per heavy atom. The molecule has 0 aliphatic carbocycles. The summed E-state index contributed by atoms with van der Waals surface area (Å²) in [6.45, 7) is 0.559. The number of phenolic OH excluding ortho intramolecular Hbond substituents is 1. The van der Waals surface area contributed by atoms with Crippen molar-refractivity contribution >= 4 is 16.9 Å². The summed E-state index contributed by atoms with van der Waals surface area (Å²) in [5.74, 6) is -0.201. The number of esters is 1. The lowest BCUT2D eigenvalue weighted by molar-refractivity contribution is 0.0567. The molecule has 1 heterocycles. The fourth-order valence-electron chi connectivity index (χ4n) is 1.84. The average Bonchev–Trinajstić information content (AvgIpc) is 2.75. The number of rotatable bonds is 3. The summed E-state index contributed by atoms with van der Waals surface area (Å²) in [6, 6.07) is 4.79. The predicted octanol–water partition coefficient (Wildman–Crippen LogP) is 1.99. The number of carbonyl (C=O) groups is 1. The maximum Gasteiger partial charge on any atom is 0.373 e. The molecule has 2 rings (SSSR count). The van der Waals surface area contributed by atoms with Crippen molar-refractivity contribution in [2.75, 3.05) is 21.2 Å². The molecule has 0 aliphatic rings. The quantitative estimate of drug-likeness (QED) is 0.843. The van der Waals surface area contributed by atoms with E-state index in [0.717, 1.165) is 10.9 Å². The maximum absolute atomic E-state index is 11.4. The molecule has 1 N–H and O–H groups in total. The summed E-state index contributed by atoms with van der Waals surface area (Å²) in [6.07, 6.45) is 0. The first-order chi connectivity index (χ1) is 8.52. The molecular weight excluding hydrogens is 234 g/mol. The first kappa shape index (κ1) is 12.4. The summed E-state index contributed by atoms with van der Waals surface area (Å²) in [4.78, 5) is 13.3. The van der Waals surface area contributed by atoms with Crippen LogP contribution in [0.1, 0.15) is 16.1 Å². The smallest absolute Gasteiger partial charge is 0.373 e. The minimum absolute atomic E-state index is 0.137. The minimum Gasteiger partial charge on any atom is -0.508 e. The highest BCUT2D eigenvalue weighted by Gasteiger charge is 2.16. The van der Waals surface area contributed by atoms with Crippen molar-refractivity contribution in [3.8, 4) is 5.75 Å². The topological polar surface area (TPSA) is 62.9 Å². The van der Waals surface area contributed by atoms with Crippen LogP contribution in [-0.4, -0.2) is 37.2 Å². The molecule has 0 spiro atoms. The van der Waals surface area contributed by atoms with Gasteiger partial charge in [-0.1, -0.05) is 0 Å². The highest BCUT2D eigenvalue weighted by molar-refractivity contribution is 5.94. The number of fused-ring (bicyclic) bond motifs is 1. The summed E-state index contributed by atoms with van der Waals surface area (Å²) >= 11 is 0. The van der Waals surface area contributed by atoms with Gasteiger partial charge in [0, 0.05) is 17.5 Å². The van der Waals surface area contributed by atoms with Gasteiger partial charge in [-0.3, -0.25) is 0 Å². The Bertz CT molecular complexity index is 586. The molecule has 0 atom stereocenters. The molecule has 0 fully saturated rings. The van der Waals surface area contributed by atoms with Crippen molar-refractivity contribution in [3.63, 3.8) is 0 Å². The molecule has 0 radical (unpaired) electrons. The highest BCUT2D eigenvalue weighted by Crippen LogP contribution is 2.30. The van der Waals surface area contributed by atoms with Crippen molar-refractivity contribution in [3.05, 3.63) is 29.5 Å². The zero-order valence-electron chi connectivity index (χ0n) is 10.6. The van der Waals surface area contributed by atoms with Gasteiger partial charge >= 0.3 is 5.97 Å². The van der Waals surface area contributed by atoms with E-state index in [4.69, 9.17) is 4.42 Å². The van der Waals surface area contributed by atoms with E-state index < -0.39 is 5.97 Å². The predicted molar refractivity (Wildman–Crippen MR) is 66.6 cm³/mol.